The van der Waals surface area contributed by atoms with E-state index in [1.54, 1.807) is 24.0 Å². The molecule has 2 nitrogen and oxygen atoms in total. The van der Waals surface area contributed by atoms with Crippen molar-refractivity contribution in [1.29, 1.82) is 0 Å². The molecule has 0 fully saturated rings. The van der Waals surface area contributed by atoms with Crippen molar-refractivity contribution in [1.82, 2.24) is 4.98 Å². The van der Waals surface area contributed by atoms with Crippen molar-refractivity contribution in [2.24, 2.45) is 5.73 Å². The summed E-state index contributed by atoms with van der Waals surface area (Å²) in [5.41, 5.74) is 7.18. The summed E-state index contributed by atoms with van der Waals surface area (Å²) in [7, 11) is 0. The largest absolute Gasteiger partial charge is 0.327 e. The van der Waals surface area contributed by atoms with Gasteiger partial charge in [-0.2, -0.15) is 0 Å². The van der Waals surface area contributed by atoms with Gasteiger partial charge in [0, 0.05) is 29.1 Å². The first-order valence-corrected chi connectivity index (χ1v) is 6.75. The summed E-state index contributed by atoms with van der Waals surface area (Å²) in [5, 5.41) is 0. The summed E-state index contributed by atoms with van der Waals surface area (Å²) in [5.74, 6) is 0.555. The van der Waals surface area contributed by atoms with Crippen LogP contribution in [0.25, 0.3) is 0 Å². The molecule has 0 saturated heterocycles. The first-order valence-electron chi connectivity index (χ1n) is 5.77. The zero-order valence-electron chi connectivity index (χ0n) is 9.92. The van der Waals surface area contributed by atoms with E-state index in [1.165, 1.54) is 12.1 Å². The summed E-state index contributed by atoms with van der Waals surface area (Å²) < 4.78 is 13.0. The van der Waals surface area contributed by atoms with E-state index in [0.29, 0.717) is 0 Å². The minimum absolute atomic E-state index is 0.0440. The van der Waals surface area contributed by atoms with Crippen LogP contribution in [-0.4, -0.2) is 16.8 Å². The van der Waals surface area contributed by atoms with Gasteiger partial charge in [-0.25, -0.2) is 4.39 Å². The predicted octanol–water partition coefficient (Wildman–Crippen LogP) is 2.88. The minimum Gasteiger partial charge on any atom is -0.327 e. The molecule has 0 radical (unpaired) electrons. The summed E-state index contributed by atoms with van der Waals surface area (Å²) >= 11 is 1.58. The zero-order chi connectivity index (χ0) is 12.8. The molecular formula is C14H15FN2S. The maximum atomic E-state index is 13.0. The topological polar surface area (TPSA) is 38.9 Å². The SMILES string of the molecule is NC(CSc1cccc(F)c1)Cc1cccnc1. The van der Waals surface area contributed by atoms with E-state index in [4.69, 9.17) is 5.73 Å². The van der Waals surface area contributed by atoms with Crippen LogP contribution in [0.1, 0.15) is 5.56 Å². The summed E-state index contributed by atoms with van der Waals surface area (Å²) in [6, 6.07) is 10.5. The average Bonchev–Trinajstić information content (AvgIpc) is 2.38. The fraction of sp³-hybridized carbons (Fsp3) is 0.214. The Hall–Kier alpha value is -1.39. The molecule has 94 valence electrons. The molecule has 2 rings (SSSR count). The van der Waals surface area contributed by atoms with E-state index in [2.05, 4.69) is 4.98 Å². The first-order chi connectivity index (χ1) is 8.74. The second-order valence-electron chi connectivity index (χ2n) is 4.09. The van der Waals surface area contributed by atoms with Crippen molar-refractivity contribution in [3.63, 3.8) is 0 Å². The highest BCUT2D eigenvalue weighted by molar-refractivity contribution is 7.99. The van der Waals surface area contributed by atoms with E-state index in [-0.39, 0.29) is 11.9 Å². The second-order valence-corrected chi connectivity index (χ2v) is 5.19. The Morgan fingerprint density at radius 1 is 1.28 bits per heavy atom. The van der Waals surface area contributed by atoms with Gasteiger partial charge >= 0.3 is 0 Å². The van der Waals surface area contributed by atoms with Crippen molar-refractivity contribution in [3.8, 4) is 0 Å². The van der Waals surface area contributed by atoms with E-state index in [9.17, 15) is 4.39 Å². The Labute approximate surface area is 110 Å². The average molecular weight is 262 g/mol. The molecule has 1 aromatic carbocycles. The molecule has 1 atom stereocenters. The number of nitrogens with two attached hydrogens (primary N) is 1. The number of hydrogen-bond acceptors (Lipinski definition) is 3. The molecule has 2 N–H and O–H groups in total. The third kappa shape index (κ3) is 4.13. The van der Waals surface area contributed by atoms with Crippen LogP contribution in [0.3, 0.4) is 0 Å². The number of aromatic nitrogens is 1. The maximum absolute atomic E-state index is 13.0. The van der Waals surface area contributed by atoms with E-state index >= 15 is 0 Å². The molecule has 0 saturated carbocycles. The quantitative estimate of drug-likeness (QED) is 0.842. The predicted molar refractivity (Wildman–Crippen MR) is 73.0 cm³/mol. The second kappa shape index (κ2) is 6.52. The van der Waals surface area contributed by atoms with Crippen LogP contribution in [0.5, 0.6) is 0 Å². The van der Waals surface area contributed by atoms with Crippen LogP contribution in [0.4, 0.5) is 4.39 Å². The summed E-state index contributed by atoms with van der Waals surface area (Å²) in [6.07, 6.45) is 4.36. The lowest BCUT2D eigenvalue weighted by Crippen LogP contribution is -2.25. The van der Waals surface area contributed by atoms with Crippen LogP contribution in [0.15, 0.2) is 53.7 Å². The van der Waals surface area contributed by atoms with Gasteiger partial charge < -0.3 is 5.73 Å². The lowest BCUT2D eigenvalue weighted by atomic mass is 10.1. The molecule has 1 unspecified atom stereocenters. The molecule has 0 bridgehead atoms. The number of benzene rings is 1. The number of thioether (sulfide) groups is 1. The molecule has 1 heterocycles. The highest BCUT2D eigenvalue weighted by Gasteiger charge is 2.05. The minimum atomic E-state index is -0.208. The van der Waals surface area contributed by atoms with Crippen LogP contribution < -0.4 is 5.73 Å². The molecule has 0 amide bonds. The number of rotatable bonds is 5. The summed E-state index contributed by atoms with van der Waals surface area (Å²) in [6.45, 7) is 0. The van der Waals surface area contributed by atoms with Gasteiger partial charge in [0.05, 0.1) is 0 Å². The van der Waals surface area contributed by atoms with Gasteiger partial charge in [0.1, 0.15) is 5.82 Å². The molecule has 0 spiro atoms. The Morgan fingerprint density at radius 2 is 2.17 bits per heavy atom. The normalized spacial score (nSPS) is 12.3. The molecule has 4 heteroatoms. The first kappa shape index (κ1) is 13.1. The zero-order valence-corrected chi connectivity index (χ0v) is 10.7. The molecule has 2 aromatic rings. The van der Waals surface area contributed by atoms with Gasteiger partial charge in [-0.15, -0.1) is 11.8 Å². The number of halogens is 1. The van der Waals surface area contributed by atoms with Gasteiger partial charge in [0.15, 0.2) is 0 Å². The highest BCUT2D eigenvalue weighted by Crippen LogP contribution is 2.19. The van der Waals surface area contributed by atoms with Crippen molar-refractivity contribution in [2.75, 3.05) is 5.75 Å². The Kier molecular flexibility index (Phi) is 4.73. The lowest BCUT2D eigenvalue weighted by Gasteiger charge is -2.11. The van der Waals surface area contributed by atoms with E-state index < -0.39 is 0 Å². The van der Waals surface area contributed by atoms with Crippen LogP contribution in [-0.2, 0) is 6.42 Å². The Morgan fingerprint density at radius 3 is 2.89 bits per heavy atom. The van der Waals surface area contributed by atoms with Crippen LogP contribution in [0.2, 0.25) is 0 Å². The number of nitrogens with zero attached hydrogens (tertiary/aromatic N) is 1. The molecule has 0 aliphatic heterocycles. The van der Waals surface area contributed by atoms with Gasteiger partial charge in [-0.1, -0.05) is 12.1 Å². The monoisotopic (exact) mass is 262 g/mol. The molecular weight excluding hydrogens is 247 g/mol. The molecule has 0 aliphatic carbocycles. The van der Waals surface area contributed by atoms with Crippen molar-refractivity contribution < 1.29 is 4.39 Å². The molecule has 0 aliphatic rings. The van der Waals surface area contributed by atoms with Gasteiger partial charge in [-0.3, -0.25) is 4.98 Å². The van der Waals surface area contributed by atoms with Gasteiger partial charge in [0.25, 0.3) is 0 Å². The molecule has 18 heavy (non-hydrogen) atoms. The smallest absolute Gasteiger partial charge is 0.124 e. The van der Waals surface area contributed by atoms with Crippen LogP contribution >= 0.6 is 11.8 Å². The van der Waals surface area contributed by atoms with Crippen LogP contribution in [0, 0.1) is 5.82 Å². The van der Waals surface area contributed by atoms with Gasteiger partial charge in [-0.05, 0) is 36.2 Å². The Bertz CT molecular complexity index is 490. The third-order valence-electron chi connectivity index (χ3n) is 2.48. The molecule has 1 aromatic heterocycles. The van der Waals surface area contributed by atoms with Crippen molar-refractivity contribution >= 4 is 11.8 Å². The number of hydrogen-bond donors (Lipinski definition) is 1. The number of pyridine rings is 1. The standard InChI is InChI=1S/C14H15FN2S/c15-12-4-1-5-14(8-12)18-10-13(16)7-11-3-2-6-17-9-11/h1-6,8-9,13H,7,10,16H2. The van der Waals surface area contributed by atoms with Crippen molar-refractivity contribution in [3.05, 3.63) is 60.2 Å². The van der Waals surface area contributed by atoms with Gasteiger partial charge in [0.2, 0.25) is 0 Å². The third-order valence-corrected chi connectivity index (χ3v) is 3.66. The lowest BCUT2D eigenvalue weighted by molar-refractivity contribution is 0.624. The highest BCUT2D eigenvalue weighted by atomic mass is 32.2. The fourth-order valence-electron chi connectivity index (χ4n) is 1.64. The fourth-order valence-corrected chi connectivity index (χ4v) is 2.54. The maximum Gasteiger partial charge on any atom is 0.124 e. The van der Waals surface area contributed by atoms with E-state index in [1.807, 2.05) is 24.4 Å². The Balaban J connectivity index is 1.83. The van der Waals surface area contributed by atoms with E-state index in [0.717, 1.165) is 22.6 Å². The summed E-state index contributed by atoms with van der Waals surface area (Å²) in [4.78, 5) is 4.97. The van der Waals surface area contributed by atoms with Crippen molar-refractivity contribution in [2.45, 2.75) is 17.4 Å².